The number of benzene rings is 2. The summed E-state index contributed by atoms with van der Waals surface area (Å²) < 4.78 is 0. The van der Waals surface area contributed by atoms with Crippen LogP contribution in [0.25, 0.3) is 16.8 Å². The Morgan fingerprint density at radius 3 is 2.57 bits per heavy atom. The zero-order valence-electron chi connectivity index (χ0n) is 17.4. The highest BCUT2D eigenvalue weighted by Crippen LogP contribution is 2.35. The van der Waals surface area contributed by atoms with Crippen LogP contribution in [-0.4, -0.2) is 11.7 Å². The van der Waals surface area contributed by atoms with Crippen molar-refractivity contribution in [2.45, 2.75) is 19.8 Å². The second kappa shape index (κ2) is 10.1. The zero-order chi connectivity index (χ0) is 21.5. The van der Waals surface area contributed by atoms with Crippen LogP contribution in [0.4, 0.5) is 5.69 Å². The van der Waals surface area contributed by atoms with E-state index in [1.54, 1.807) is 6.92 Å². The highest BCUT2D eigenvalue weighted by Gasteiger charge is 2.23. The minimum Gasteiger partial charge on any atom is -0.402 e. The molecular weight excluding hydrogens is 390 g/mol. The lowest BCUT2D eigenvalue weighted by atomic mass is 9.96. The molecule has 0 aromatic heterocycles. The fourth-order valence-electron chi connectivity index (χ4n) is 3.19. The van der Waals surface area contributed by atoms with Crippen LogP contribution in [0, 0.1) is 5.92 Å². The van der Waals surface area contributed by atoms with Crippen LogP contribution >= 0.6 is 11.6 Å². The third-order valence-electron chi connectivity index (χ3n) is 4.90. The van der Waals surface area contributed by atoms with Gasteiger partial charge in [0.2, 0.25) is 0 Å². The Bertz CT molecular complexity index is 1010. The predicted molar refractivity (Wildman–Crippen MR) is 131 cm³/mol. The molecule has 3 nitrogen and oxygen atoms in total. The van der Waals surface area contributed by atoms with Crippen molar-refractivity contribution in [3.8, 4) is 11.1 Å². The molecule has 4 heteroatoms. The van der Waals surface area contributed by atoms with Crippen LogP contribution in [0.3, 0.4) is 0 Å². The molecule has 0 spiro atoms. The number of allylic oxidation sites excluding steroid dienone is 3. The molecule has 1 saturated carbocycles. The Balaban J connectivity index is 1.78. The summed E-state index contributed by atoms with van der Waals surface area (Å²) >= 11 is 6.09. The van der Waals surface area contributed by atoms with E-state index in [1.165, 1.54) is 12.8 Å². The van der Waals surface area contributed by atoms with Crippen LogP contribution in [-0.2, 0) is 0 Å². The average Bonchev–Trinajstić information content (AvgIpc) is 3.57. The summed E-state index contributed by atoms with van der Waals surface area (Å²) in [5, 5.41) is 3.86. The van der Waals surface area contributed by atoms with Crippen LogP contribution in [0.5, 0.6) is 0 Å². The van der Waals surface area contributed by atoms with Gasteiger partial charge >= 0.3 is 0 Å². The quantitative estimate of drug-likeness (QED) is 0.358. The summed E-state index contributed by atoms with van der Waals surface area (Å²) in [5.41, 5.74) is 12.5. The van der Waals surface area contributed by atoms with Gasteiger partial charge in [0.15, 0.2) is 0 Å². The van der Waals surface area contributed by atoms with Crippen molar-refractivity contribution in [2.24, 2.45) is 16.6 Å². The molecule has 2 aromatic carbocycles. The molecule has 3 rings (SSSR count). The molecule has 0 radical (unpaired) electrons. The lowest BCUT2D eigenvalue weighted by molar-refractivity contribution is 0.977. The van der Waals surface area contributed by atoms with Crippen LogP contribution in [0.15, 0.2) is 96.2 Å². The van der Waals surface area contributed by atoms with Crippen molar-refractivity contribution in [3.63, 3.8) is 0 Å². The molecule has 0 heterocycles. The van der Waals surface area contributed by atoms with Gasteiger partial charge in [0.25, 0.3) is 0 Å². The molecular formula is C26H28ClN3. The van der Waals surface area contributed by atoms with Gasteiger partial charge in [0.1, 0.15) is 5.17 Å². The molecule has 1 aliphatic rings. The van der Waals surface area contributed by atoms with Crippen molar-refractivity contribution in [3.05, 3.63) is 96.8 Å². The van der Waals surface area contributed by atoms with E-state index in [0.717, 1.165) is 39.3 Å². The molecule has 1 fully saturated rings. The first-order valence-electron chi connectivity index (χ1n) is 10.1. The largest absolute Gasteiger partial charge is 0.402 e. The number of nitrogens with one attached hydrogen (secondary N) is 1. The SMILES string of the molecule is C=C(/C=C\C=C(/N)C1CC1)CNC(=C)c1c(/N=C(\C)Cl)cccc1-c1ccccc1. The van der Waals surface area contributed by atoms with Crippen molar-refractivity contribution in [2.75, 3.05) is 6.54 Å². The normalized spacial score (nSPS) is 14.7. The van der Waals surface area contributed by atoms with E-state index in [1.807, 2.05) is 48.6 Å². The Hall–Kier alpha value is -3.04. The minimum atomic E-state index is 0.474. The number of hydrogen-bond acceptors (Lipinski definition) is 3. The third kappa shape index (κ3) is 5.98. The lowest BCUT2D eigenvalue weighted by Gasteiger charge is -2.17. The highest BCUT2D eigenvalue weighted by molar-refractivity contribution is 6.65. The maximum atomic E-state index is 6.09. The minimum absolute atomic E-state index is 0.474. The summed E-state index contributed by atoms with van der Waals surface area (Å²) in [6, 6.07) is 16.2. The van der Waals surface area contributed by atoms with Crippen LogP contribution < -0.4 is 11.1 Å². The second-order valence-corrected chi connectivity index (χ2v) is 8.01. The molecule has 0 unspecified atom stereocenters. The molecule has 30 heavy (non-hydrogen) atoms. The third-order valence-corrected chi connectivity index (χ3v) is 4.99. The Kier molecular flexibility index (Phi) is 7.31. The monoisotopic (exact) mass is 417 g/mol. The Labute approximate surface area is 184 Å². The predicted octanol–water partition coefficient (Wildman–Crippen LogP) is 6.57. The van der Waals surface area contributed by atoms with Gasteiger partial charge in [-0.2, -0.15) is 0 Å². The first-order valence-corrected chi connectivity index (χ1v) is 10.5. The van der Waals surface area contributed by atoms with Gasteiger partial charge in [-0.3, -0.25) is 0 Å². The van der Waals surface area contributed by atoms with E-state index in [-0.39, 0.29) is 0 Å². The number of aliphatic imine (C=N–C) groups is 1. The van der Waals surface area contributed by atoms with Crippen LogP contribution in [0.2, 0.25) is 0 Å². The molecule has 0 saturated heterocycles. The van der Waals surface area contributed by atoms with Crippen molar-refractivity contribution < 1.29 is 0 Å². The van der Waals surface area contributed by atoms with E-state index in [4.69, 9.17) is 17.3 Å². The summed E-state index contributed by atoms with van der Waals surface area (Å²) in [6.45, 7) is 10.7. The highest BCUT2D eigenvalue weighted by atomic mass is 35.5. The smallest absolute Gasteiger partial charge is 0.103 e. The van der Waals surface area contributed by atoms with Gasteiger partial charge in [-0.15, -0.1) is 0 Å². The summed E-state index contributed by atoms with van der Waals surface area (Å²) in [4.78, 5) is 4.51. The topological polar surface area (TPSA) is 50.4 Å². The van der Waals surface area contributed by atoms with Crippen LogP contribution in [0.1, 0.15) is 25.3 Å². The summed E-state index contributed by atoms with van der Waals surface area (Å²) in [6.07, 6.45) is 8.31. The molecule has 0 bridgehead atoms. The molecule has 0 amide bonds. The fraction of sp³-hybridized carbons (Fsp3) is 0.192. The summed E-state index contributed by atoms with van der Waals surface area (Å²) in [5.74, 6) is 0.569. The van der Waals surface area contributed by atoms with E-state index in [2.05, 4.69) is 41.7 Å². The maximum absolute atomic E-state index is 6.09. The molecule has 154 valence electrons. The van der Waals surface area contributed by atoms with Crippen molar-refractivity contribution >= 4 is 28.2 Å². The number of halogens is 1. The first-order chi connectivity index (χ1) is 14.5. The van der Waals surface area contributed by atoms with Gasteiger partial charge in [0.05, 0.1) is 5.69 Å². The lowest BCUT2D eigenvalue weighted by Crippen LogP contribution is -2.14. The number of rotatable bonds is 9. The zero-order valence-corrected chi connectivity index (χ0v) is 18.1. The molecule has 0 aliphatic heterocycles. The van der Waals surface area contributed by atoms with Crippen molar-refractivity contribution in [1.29, 1.82) is 0 Å². The maximum Gasteiger partial charge on any atom is 0.103 e. The van der Waals surface area contributed by atoms with Gasteiger partial charge in [-0.25, -0.2) is 4.99 Å². The van der Waals surface area contributed by atoms with Gasteiger partial charge in [0, 0.05) is 23.5 Å². The fourth-order valence-corrected chi connectivity index (χ4v) is 3.28. The molecule has 1 aliphatic carbocycles. The molecule has 2 aromatic rings. The van der Waals surface area contributed by atoms with E-state index < -0.39 is 0 Å². The average molecular weight is 418 g/mol. The standard InChI is InChI=1S/C26H28ClN3/c1-18(9-7-13-24(28)22-15-16-22)17-29-19(2)26-23(21-10-5-4-6-11-21)12-8-14-25(26)30-20(3)27/h4-14,22,29H,1-2,15-17,28H2,3H3/b9-7-,24-13-,30-20+. The van der Waals surface area contributed by atoms with Crippen molar-refractivity contribution in [1.82, 2.24) is 5.32 Å². The van der Waals surface area contributed by atoms with Gasteiger partial charge in [-0.05, 0) is 54.5 Å². The van der Waals surface area contributed by atoms with E-state index >= 15 is 0 Å². The molecule has 3 N–H and O–H groups in total. The van der Waals surface area contributed by atoms with E-state index in [9.17, 15) is 0 Å². The number of hydrogen-bond donors (Lipinski definition) is 2. The number of nitrogens with zero attached hydrogens (tertiary/aromatic N) is 1. The van der Waals surface area contributed by atoms with Gasteiger partial charge < -0.3 is 11.1 Å². The molecule has 0 atom stereocenters. The number of nitrogens with two attached hydrogens (primary N) is 1. The van der Waals surface area contributed by atoms with E-state index in [0.29, 0.717) is 17.6 Å². The first kappa shape index (κ1) is 21.7. The second-order valence-electron chi connectivity index (χ2n) is 7.47. The Morgan fingerprint density at radius 2 is 1.90 bits per heavy atom. The Morgan fingerprint density at radius 1 is 1.17 bits per heavy atom. The summed E-state index contributed by atoms with van der Waals surface area (Å²) in [7, 11) is 0. The van der Waals surface area contributed by atoms with Gasteiger partial charge in [-0.1, -0.05) is 79.4 Å².